The molecule has 1 heterocycles. The lowest BCUT2D eigenvalue weighted by atomic mass is 9.72. The molecule has 3 aromatic carbocycles. The molecule has 1 aliphatic carbocycles. The van der Waals surface area contributed by atoms with Gasteiger partial charge in [0.2, 0.25) is 0 Å². The van der Waals surface area contributed by atoms with Crippen molar-refractivity contribution in [2.24, 2.45) is 5.41 Å². The number of ether oxygens (including phenoxy) is 2. The van der Waals surface area contributed by atoms with Crippen LogP contribution in [-0.4, -0.2) is 50.2 Å². The van der Waals surface area contributed by atoms with Gasteiger partial charge in [0.1, 0.15) is 22.9 Å². The van der Waals surface area contributed by atoms with Gasteiger partial charge < -0.3 is 14.4 Å². The van der Waals surface area contributed by atoms with Gasteiger partial charge in [-0.25, -0.2) is 9.18 Å². The second-order valence-corrected chi connectivity index (χ2v) is 12.6. The number of piperazine rings is 1. The van der Waals surface area contributed by atoms with Gasteiger partial charge in [-0.05, 0) is 85.2 Å². The third-order valence-electron chi connectivity index (χ3n) is 8.10. The van der Waals surface area contributed by atoms with E-state index in [1.807, 2.05) is 24.3 Å². The predicted octanol–water partition coefficient (Wildman–Crippen LogP) is 8.89. The molecule has 0 unspecified atom stereocenters. The van der Waals surface area contributed by atoms with E-state index >= 15 is 0 Å². The maximum absolute atomic E-state index is 13.6. The van der Waals surface area contributed by atoms with Crippen LogP contribution in [0.5, 0.6) is 11.5 Å². The number of hydrogen-bond donors (Lipinski definition) is 0. The Balaban J connectivity index is 1.32. The quantitative estimate of drug-likeness (QED) is 0.238. The third kappa shape index (κ3) is 7.28. The van der Waals surface area contributed by atoms with Gasteiger partial charge in [-0.15, -0.1) is 0 Å². The summed E-state index contributed by atoms with van der Waals surface area (Å²) >= 11 is 12.4. The molecule has 0 aromatic heterocycles. The number of nitrogens with zero attached hydrogens (tertiary/aromatic N) is 2. The Hall–Kier alpha value is -3.06. The fraction of sp³-hybridized carbons (Fsp3) is 0.382. The van der Waals surface area contributed by atoms with Crippen molar-refractivity contribution < 1.29 is 18.7 Å². The second-order valence-electron chi connectivity index (χ2n) is 11.8. The molecule has 0 atom stereocenters. The molecule has 5 rings (SSSR count). The molecule has 2 aliphatic rings. The lowest BCUT2D eigenvalue weighted by Crippen LogP contribution is -2.47. The predicted molar refractivity (Wildman–Crippen MR) is 169 cm³/mol. The number of hydrogen-bond acceptors (Lipinski definition) is 5. The van der Waals surface area contributed by atoms with Gasteiger partial charge in [0.05, 0.1) is 11.6 Å². The second kappa shape index (κ2) is 13.1. The molecule has 222 valence electrons. The van der Waals surface area contributed by atoms with E-state index in [1.165, 1.54) is 41.3 Å². The van der Waals surface area contributed by atoms with Crippen LogP contribution < -0.4 is 9.64 Å². The summed E-state index contributed by atoms with van der Waals surface area (Å²) in [5, 5.41) is 0.888. The first-order chi connectivity index (χ1) is 20.1. The highest BCUT2D eigenvalue weighted by atomic mass is 35.5. The number of allylic oxidation sites excluding steroid dienone is 1. The summed E-state index contributed by atoms with van der Waals surface area (Å²) < 4.78 is 24.9. The van der Waals surface area contributed by atoms with Crippen molar-refractivity contribution in [3.63, 3.8) is 0 Å². The van der Waals surface area contributed by atoms with Gasteiger partial charge >= 0.3 is 5.97 Å². The number of anilines is 1. The minimum atomic E-state index is -0.484. The molecule has 8 heteroatoms. The van der Waals surface area contributed by atoms with Crippen LogP contribution in [0.3, 0.4) is 0 Å². The van der Waals surface area contributed by atoms with E-state index in [2.05, 4.69) is 35.8 Å². The first-order valence-corrected chi connectivity index (χ1v) is 15.3. The largest absolute Gasteiger partial charge is 0.462 e. The van der Waals surface area contributed by atoms with Gasteiger partial charge in [0.15, 0.2) is 0 Å². The first kappa shape index (κ1) is 30.4. The minimum absolute atomic E-state index is 0.127. The maximum atomic E-state index is 13.6. The van der Waals surface area contributed by atoms with Gasteiger partial charge in [0, 0.05) is 49.5 Å². The molecule has 42 heavy (non-hydrogen) atoms. The Labute approximate surface area is 257 Å². The molecule has 0 bridgehead atoms. The Morgan fingerprint density at radius 1 is 0.952 bits per heavy atom. The van der Waals surface area contributed by atoms with Crippen LogP contribution in [0.1, 0.15) is 56.0 Å². The zero-order valence-corrected chi connectivity index (χ0v) is 25.9. The van der Waals surface area contributed by atoms with Gasteiger partial charge in [-0.3, -0.25) is 4.90 Å². The van der Waals surface area contributed by atoms with Crippen molar-refractivity contribution >= 4 is 40.4 Å². The molecule has 0 amide bonds. The van der Waals surface area contributed by atoms with E-state index in [9.17, 15) is 9.18 Å². The highest BCUT2D eigenvalue weighted by molar-refractivity contribution is 6.32. The summed E-state index contributed by atoms with van der Waals surface area (Å²) in [6, 6.07) is 17.7. The van der Waals surface area contributed by atoms with Crippen LogP contribution in [0.25, 0.3) is 5.57 Å². The Morgan fingerprint density at radius 2 is 1.69 bits per heavy atom. The zero-order valence-electron chi connectivity index (χ0n) is 24.4. The van der Waals surface area contributed by atoms with Crippen LogP contribution in [0.2, 0.25) is 10.0 Å². The number of rotatable bonds is 8. The van der Waals surface area contributed by atoms with Gasteiger partial charge in [0.25, 0.3) is 0 Å². The van der Waals surface area contributed by atoms with Crippen molar-refractivity contribution in [3.05, 3.63) is 93.2 Å². The van der Waals surface area contributed by atoms with Crippen molar-refractivity contribution in [1.29, 1.82) is 0 Å². The average Bonchev–Trinajstić information content (AvgIpc) is 2.96. The molecule has 0 N–H and O–H groups in total. The maximum Gasteiger partial charge on any atom is 0.341 e. The summed E-state index contributed by atoms with van der Waals surface area (Å²) in [6.45, 7) is 11.2. The fourth-order valence-electron chi connectivity index (χ4n) is 5.74. The van der Waals surface area contributed by atoms with E-state index in [4.69, 9.17) is 32.7 Å². The molecule has 0 saturated carbocycles. The van der Waals surface area contributed by atoms with Crippen LogP contribution in [0.15, 0.2) is 66.2 Å². The number of carbonyl (C=O) groups excluding carboxylic acids is 1. The number of esters is 1. The molecule has 5 nitrogen and oxygen atoms in total. The molecule has 3 aromatic rings. The monoisotopic (exact) mass is 610 g/mol. The lowest BCUT2D eigenvalue weighted by molar-refractivity contribution is 0.0523. The minimum Gasteiger partial charge on any atom is -0.462 e. The SMILES string of the molecule is CCOC(=O)c1ccc(N2CCN(CC3=C(c4ccc(Cl)cc4)CC(C)(C)CC3)CC2)cc1Oc1ccc(F)cc1Cl. The Morgan fingerprint density at radius 3 is 2.38 bits per heavy atom. The number of halogens is 3. The third-order valence-corrected chi connectivity index (χ3v) is 8.65. The van der Waals surface area contributed by atoms with E-state index in [0.717, 1.165) is 56.3 Å². The number of benzene rings is 3. The van der Waals surface area contributed by atoms with E-state index in [0.29, 0.717) is 11.3 Å². The van der Waals surface area contributed by atoms with Gasteiger partial charge in [-0.2, -0.15) is 0 Å². The van der Waals surface area contributed by atoms with Crippen molar-refractivity contribution in [1.82, 2.24) is 4.90 Å². The summed E-state index contributed by atoms with van der Waals surface area (Å²) in [5.41, 5.74) is 5.77. The fourth-order valence-corrected chi connectivity index (χ4v) is 6.08. The highest BCUT2D eigenvalue weighted by Crippen LogP contribution is 2.43. The highest BCUT2D eigenvalue weighted by Gasteiger charge is 2.29. The summed E-state index contributed by atoms with van der Waals surface area (Å²) in [6.07, 6.45) is 3.36. The molecule has 1 aliphatic heterocycles. The summed E-state index contributed by atoms with van der Waals surface area (Å²) in [5.74, 6) is -0.351. The van der Waals surface area contributed by atoms with Crippen LogP contribution in [-0.2, 0) is 4.74 Å². The van der Waals surface area contributed by atoms with E-state index in [1.54, 1.807) is 13.0 Å². The molecule has 1 fully saturated rings. The van der Waals surface area contributed by atoms with Gasteiger partial charge in [-0.1, -0.05) is 54.8 Å². The summed E-state index contributed by atoms with van der Waals surface area (Å²) in [4.78, 5) is 17.5. The van der Waals surface area contributed by atoms with Crippen LogP contribution in [0.4, 0.5) is 10.1 Å². The van der Waals surface area contributed by atoms with Crippen molar-refractivity contribution in [3.8, 4) is 11.5 Å². The zero-order chi connectivity index (χ0) is 29.9. The molecule has 0 radical (unpaired) electrons. The van der Waals surface area contributed by atoms with Crippen LogP contribution >= 0.6 is 23.2 Å². The summed E-state index contributed by atoms with van der Waals surface area (Å²) in [7, 11) is 0. The van der Waals surface area contributed by atoms with E-state index in [-0.39, 0.29) is 22.8 Å². The molecular formula is C34H37Cl2FN2O3. The molecule has 0 spiro atoms. The Bertz CT molecular complexity index is 1460. The molecular weight excluding hydrogens is 574 g/mol. The molecule has 1 saturated heterocycles. The van der Waals surface area contributed by atoms with Crippen LogP contribution in [0, 0.1) is 11.2 Å². The standard InChI is InChI=1S/C34H37Cl2FN2O3/c1-4-41-33(40)28-11-10-27(20-32(28)42-31-12-9-26(37)19-30(31)36)39-17-15-38(16-18-39)22-24-13-14-34(2,3)21-29(24)23-5-7-25(35)8-6-23/h5-12,19-20H,4,13-18,21-22H2,1-3H3. The smallest absolute Gasteiger partial charge is 0.341 e. The van der Waals surface area contributed by atoms with Crippen molar-refractivity contribution in [2.45, 2.75) is 40.0 Å². The normalized spacial score (nSPS) is 17.3. The average molecular weight is 612 g/mol. The number of carbonyl (C=O) groups is 1. The first-order valence-electron chi connectivity index (χ1n) is 14.5. The van der Waals surface area contributed by atoms with Crippen molar-refractivity contribution in [2.75, 3.05) is 44.2 Å². The van der Waals surface area contributed by atoms with E-state index < -0.39 is 11.8 Å². The Kier molecular flexibility index (Phi) is 9.46. The topological polar surface area (TPSA) is 42.0 Å². The lowest BCUT2D eigenvalue weighted by Gasteiger charge is -2.39.